The average molecular weight is 260 g/mol. The van der Waals surface area contributed by atoms with Crippen molar-refractivity contribution in [3.63, 3.8) is 0 Å². The lowest BCUT2D eigenvalue weighted by Gasteiger charge is -2.11. The summed E-state index contributed by atoms with van der Waals surface area (Å²) in [6.45, 7) is 4.10. The third kappa shape index (κ3) is 3.07. The lowest BCUT2D eigenvalue weighted by Crippen LogP contribution is -2.20. The number of nitrogens with zero attached hydrogens (tertiary/aromatic N) is 2. The van der Waals surface area contributed by atoms with Crippen LogP contribution in [-0.2, 0) is 7.05 Å². The Kier molecular flexibility index (Phi) is 3.62. The van der Waals surface area contributed by atoms with Crippen LogP contribution in [0.25, 0.3) is 0 Å². The van der Waals surface area contributed by atoms with Crippen LogP contribution in [0.5, 0.6) is 0 Å². The Morgan fingerprint density at radius 1 is 1.22 bits per heavy atom. The van der Waals surface area contributed by atoms with E-state index in [1.54, 1.807) is 4.68 Å². The quantitative estimate of drug-likeness (QED) is 0.815. The zero-order chi connectivity index (χ0) is 13.1. The lowest BCUT2D eigenvalue weighted by atomic mass is 10.1. The van der Waals surface area contributed by atoms with Gasteiger partial charge < -0.3 is 10.6 Å². The number of benzene rings is 1. The third-order valence-corrected chi connectivity index (χ3v) is 2.80. The van der Waals surface area contributed by atoms with Crippen molar-refractivity contribution in [2.45, 2.75) is 13.8 Å². The molecule has 0 saturated carbocycles. The second-order valence-corrected chi connectivity index (χ2v) is 4.68. The minimum absolute atomic E-state index is 0.544. The van der Waals surface area contributed by atoms with Gasteiger partial charge in [0.15, 0.2) is 10.9 Å². The van der Waals surface area contributed by atoms with Crippen LogP contribution in [0, 0.1) is 13.8 Å². The first-order valence-electron chi connectivity index (χ1n) is 5.69. The second-order valence-electron chi connectivity index (χ2n) is 4.27. The van der Waals surface area contributed by atoms with E-state index in [4.69, 9.17) is 12.2 Å². The lowest BCUT2D eigenvalue weighted by molar-refractivity contribution is 0.772. The Morgan fingerprint density at radius 3 is 2.67 bits per heavy atom. The van der Waals surface area contributed by atoms with Crippen LogP contribution in [0.2, 0.25) is 0 Å². The Balaban J connectivity index is 2.05. The van der Waals surface area contributed by atoms with Crippen molar-refractivity contribution < 1.29 is 0 Å². The summed E-state index contributed by atoms with van der Waals surface area (Å²) in [6, 6.07) is 8.09. The van der Waals surface area contributed by atoms with Gasteiger partial charge in [0.2, 0.25) is 0 Å². The molecule has 1 aromatic heterocycles. The standard InChI is InChI=1S/C13H16N4S/c1-9-4-5-10(2)11(8-9)14-13(18)15-12-6-7-17(3)16-12/h4-8H,1-3H3,(H2,14,15,16,18). The highest BCUT2D eigenvalue weighted by atomic mass is 32.1. The normalized spacial score (nSPS) is 10.2. The Morgan fingerprint density at radius 2 is 2.00 bits per heavy atom. The molecule has 0 atom stereocenters. The van der Waals surface area contributed by atoms with Crippen LogP contribution in [0.1, 0.15) is 11.1 Å². The number of anilines is 2. The fraction of sp³-hybridized carbons (Fsp3) is 0.231. The Labute approximate surface area is 112 Å². The fourth-order valence-electron chi connectivity index (χ4n) is 1.62. The predicted octanol–water partition coefficient (Wildman–Crippen LogP) is 2.85. The molecule has 0 unspecified atom stereocenters. The summed E-state index contributed by atoms with van der Waals surface area (Å²) >= 11 is 5.26. The molecular formula is C13H16N4S. The molecule has 18 heavy (non-hydrogen) atoms. The summed E-state index contributed by atoms with van der Waals surface area (Å²) in [6.07, 6.45) is 1.86. The molecule has 1 aromatic carbocycles. The van der Waals surface area contributed by atoms with E-state index in [9.17, 15) is 0 Å². The summed E-state index contributed by atoms with van der Waals surface area (Å²) in [4.78, 5) is 0. The Bertz CT molecular complexity index is 574. The molecule has 0 aliphatic heterocycles. The number of aryl methyl sites for hydroxylation is 3. The highest BCUT2D eigenvalue weighted by Crippen LogP contribution is 2.16. The van der Waals surface area contributed by atoms with Crippen LogP contribution in [0.3, 0.4) is 0 Å². The van der Waals surface area contributed by atoms with Gasteiger partial charge in [0.1, 0.15) is 0 Å². The monoisotopic (exact) mass is 260 g/mol. The molecule has 0 aliphatic carbocycles. The Hall–Kier alpha value is -1.88. The molecule has 0 fully saturated rings. The zero-order valence-corrected chi connectivity index (χ0v) is 11.5. The number of rotatable bonds is 2. The summed E-state index contributed by atoms with van der Waals surface area (Å²) < 4.78 is 1.73. The van der Waals surface area contributed by atoms with Crippen molar-refractivity contribution in [1.29, 1.82) is 0 Å². The maximum absolute atomic E-state index is 5.26. The van der Waals surface area contributed by atoms with Crippen LogP contribution in [0.15, 0.2) is 30.5 Å². The van der Waals surface area contributed by atoms with Crippen LogP contribution >= 0.6 is 12.2 Å². The minimum atomic E-state index is 0.544. The number of aromatic nitrogens is 2. The molecular weight excluding hydrogens is 244 g/mol. The first kappa shape index (κ1) is 12.6. The molecule has 2 rings (SSSR count). The van der Waals surface area contributed by atoms with Gasteiger partial charge >= 0.3 is 0 Å². The minimum Gasteiger partial charge on any atom is -0.332 e. The summed E-state index contributed by atoms with van der Waals surface area (Å²) in [7, 11) is 1.87. The summed E-state index contributed by atoms with van der Waals surface area (Å²) in [5.74, 6) is 0.736. The average Bonchev–Trinajstić information content (AvgIpc) is 2.69. The topological polar surface area (TPSA) is 41.9 Å². The van der Waals surface area contributed by atoms with Gasteiger partial charge in [-0.2, -0.15) is 5.10 Å². The number of hydrogen-bond donors (Lipinski definition) is 2. The molecule has 0 bridgehead atoms. The number of nitrogens with one attached hydrogen (secondary N) is 2. The smallest absolute Gasteiger partial charge is 0.176 e. The fourth-order valence-corrected chi connectivity index (χ4v) is 1.84. The molecule has 0 spiro atoms. The van der Waals surface area contributed by atoms with Crippen molar-refractivity contribution in [3.05, 3.63) is 41.6 Å². The van der Waals surface area contributed by atoms with Crippen molar-refractivity contribution in [1.82, 2.24) is 9.78 Å². The largest absolute Gasteiger partial charge is 0.332 e. The van der Waals surface area contributed by atoms with E-state index in [1.165, 1.54) is 5.56 Å². The van der Waals surface area contributed by atoms with Crippen LogP contribution < -0.4 is 10.6 Å². The maximum atomic E-state index is 5.26. The maximum Gasteiger partial charge on any atom is 0.176 e. The van der Waals surface area contributed by atoms with Crippen LogP contribution in [0.4, 0.5) is 11.5 Å². The second kappa shape index (κ2) is 5.18. The molecule has 0 amide bonds. The van der Waals surface area contributed by atoms with E-state index in [0.29, 0.717) is 5.11 Å². The van der Waals surface area contributed by atoms with Crippen molar-refractivity contribution >= 4 is 28.8 Å². The van der Waals surface area contributed by atoms with Crippen molar-refractivity contribution in [2.24, 2.45) is 7.05 Å². The van der Waals surface area contributed by atoms with Gasteiger partial charge in [-0.25, -0.2) is 0 Å². The molecule has 0 radical (unpaired) electrons. The predicted molar refractivity (Wildman–Crippen MR) is 79.0 cm³/mol. The van der Waals surface area contributed by atoms with Gasteiger partial charge in [-0.1, -0.05) is 12.1 Å². The molecule has 0 aliphatic rings. The molecule has 94 valence electrons. The van der Waals surface area contributed by atoms with E-state index < -0.39 is 0 Å². The van der Waals surface area contributed by atoms with E-state index in [2.05, 4.69) is 40.9 Å². The van der Waals surface area contributed by atoms with E-state index in [0.717, 1.165) is 17.1 Å². The van der Waals surface area contributed by atoms with Gasteiger partial charge in [0.25, 0.3) is 0 Å². The first-order chi connectivity index (χ1) is 8.54. The van der Waals surface area contributed by atoms with Gasteiger partial charge in [-0.05, 0) is 43.3 Å². The van der Waals surface area contributed by atoms with Crippen LogP contribution in [-0.4, -0.2) is 14.9 Å². The third-order valence-electron chi connectivity index (χ3n) is 2.60. The zero-order valence-electron chi connectivity index (χ0n) is 10.7. The van der Waals surface area contributed by atoms with Gasteiger partial charge in [-0.3, -0.25) is 4.68 Å². The van der Waals surface area contributed by atoms with Crippen molar-refractivity contribution in [3.8, 4) is 0 Å². The van der Waals surface area contributed by atoms with Gasteiger partial charge in [0.05, 0.1) is 0 Å². The summed E-state index contributed by atoms with van der Waals surface area (Å²) in [5.41, 5.74) is 3.37. The van der Waals surface area contributed by atoms with E-state index in [-0.39, 0.29) is 0 Å². The van der Waals surface area contributed by atoms with E-state index >= 15 is 0 Å². The number of thiocarbonyl (C=S) groups is 1. The highest BCUT2D eigenvalue weighted by Gasteiger charge is 2.03. The molecule has 5 heteroatoms. The first-order valence-corrected chi connectivity index (χ1v) is 6.10. The summed E-state index contributed by atoms with van der Waals surface area (Å²) in [5, 5.41) is 11.0. The van der Waals surface area contributed by atoms with E-state index in [1.807, 2.05) is 26.2 Å². The highest BCUT2D eigenvalue weighted by molar-refractivity contribution is 7.80. The number of hydrogen-bond acceptors (Lipinski definition) is 2. The molecule has 0 saturated heterocycles. The van der Waals surface area contributed by atoms with Gasteiger partial charge in [-0.15, -0.1) is 0 Å². The molecule has 4 nitrogen and oxygen atoms in total. The molecule has 2 aromatic rings. The molecule has 2 N–H and O–H groups in total. The molecule has 1 heterocycles. The van der Waals surface area contributed by atoms with Crippen molar-refractivity contribution in [2.75, 3.05) is 10.6 Å². The van der Waals surface area contributed by atoms with Gasteiger partial charge in [0, 0.05) is 25.0 Å². The SMILES string of the molecule is Cc1ccc(C)c(NC(=S)Nc2ccn(C)n2)c1.